The van der Waals surface area contributed by atoms with Crippen LogP contribution in [0.1, 0.15) is 50.4 Å². The summed E-state index contributed by atoms with van der Waals surface area (Å²) in [6.45, 7) is 7.67. The van der Waals surface area contributed by atoms with Crippen LogP contribution in [-0.2, 0) is 32.0 Å². The summed E-state index contributed by atoms with van der Waals surface area (Å²) in [5.41, 5.74) is 1.51. The van der Waals surface area contributed by atoms with E-state index >= 15 is 0 Å². The fraction of sp³-hybridized carbons (Fsp3) is 0.323. The smallest absolute Gasteiger partial charge is 0.428 e. The first kappa shape index (κ1) is 28.6. The quantitative estimate of drug-likeness (QED) is 0.285. The van der Waals surface area contributed by atoms with Crippen molar-refractivity contribution in [1.29, 1.82) is 0 Å². The van der Waals surface area contributed by atoms with E-state index in [-0.39, 0.29) is 12.5 Å². The summed E-state index contributed by atoms with van der Waals surface area (Å²) in [5.74, 6) is -1.17. The number of esters is 1. The second kappa shape index (κ2) is 13.5. The molecule has 0 spiro atoms. The Balaban J connectivity index is 2.03. The van der Waals surface area contributed by atoms with Gasteiger partial charge < -0.3 is 19.7 Å². The zero-order chi connectivity index (χ0) is 27.5. The molecular formula is C31H36N2O5. The number of benzene rings is 3. The number of nitrogens with zero attached hydrogens (tertiary/aromatic N) is 1. The summed E-state index contributed by atoms with van der Waals surface area (Å²) < 4.78 is 10.4. The standard InChI is InChI=1S/C31H36N2O5/c1-5-32-26(21-23-15-9-6-10-16-23)28(34)33(22-24-17-11-7-12-18-24)27(25-19-13-8-14-20-25)29(35)37-30(36)38-31(2,3)4/h6-20,26-27,32H,5,21-22H2,1-4H3/t26-,27?/m0/s1. The Kier molecular flexibility index (Phi) is 10.2. The number of carbonyl (C=O) groups is 3. The topological polar surface area (TPSA) is 84.9 Å². The van der Waals surface area contributed by atoms with Crippen LogP contribution >= 0.6 is 0 Å². The largest absolute Gasteiger partial charge is 0.516 e. The van der Waals surface area contributed by atoms with Crippen LogP contribution in [0.4, 0.5) is 4.79 Å². The molecule has 1 N–H and O–H groups in total. The Labute approximate surface area is 224 Å². The van der Waals surface area contributed by atoms with Crippen LogP contribution in [0.3, 0.4) is 0 Å². The van der Waals surface area contributed by atoms with Gasteiger partial charge in [-0.25, -0.2) is 9.59 Å². The van der Waals surface area contributed by atoms with Gasteiger partial charge in [0, 0.05) is 6.54 Å². The molecule has 0 aliphatic heterocycles. The highest BCUT2D eigenvalue weighted by Crippen LogP contribution is 2.27. The highest BCUT2D eigenvalue weighted by molar-refractivity contribution is 5.92. The first-order valence-corrected chi connectivity index (χ1v) is 12.8. The first-order chi connectivity index (χ1) is 18.2. The molecule has 3 rings (SSSR count). The van der Waals surface area contributed by atoms with E-state index in [1.54, 1.807) is 45.0 Å². The predicted octanol–water partition coefficient (Wildman–Crippen LogP) is 5.46. The van der Waals surface area contributed by atoms with Gasteiger partial charge in [-0.15, -0.1) is 0 Å². The van der Waals surface area contributed by atoms with Crippen LogP contribution in [-0.4, -0.2) is 41.1 Å². The molecule has 0 heterocycles. The number of nitrogens with one attached hydrogen (secondary N) is 1. The molecule has 7 nitrogen and oxygen atoms in total. The minimum Gasteiger partial charge on any atom is -0.428 e. The molecule has 200 valence electrons. The maximum atomic E-state index is 14.2. The third-order valence-electron chi connectivity index (χ3n) is 5.73. The lowest BCUT2D eigenvalue weighted by molar-refractivity contribution is -0.155. The van der Waals surface area contributed by atoms with E-state index in [1.807, 2.05) is 73.7 Å². The molecule has 1 unspecified atom stereocenters. The van der Waals surface area contributed by atoms with E-state index in [9.17, 15) is 14.4 Å². The van der Waals surface area contributed by atoms with Crippen LogP contribution in [0.15, 0.2) is 91.0 Å². The molecule has 0 bridgehead atoms. The lowest BCUT2D eigenvalue weighted by Gasteiger charge is -2.34. The van der Waals surface area contributed by atoms with Crippen molar-refractivity contribution < 1.29 is 23.9 Å². The maximum Gasteiger partial charge on any atom is 0.516 e. The highest BCUT2D eigenvalue weighted by Gasteiger charge is 2.37. The molecular weight excluding hydrogens is 480 g/mol. The molecule has 3 aromatic carbocycles. The van der Waals surface area contributed by atoms with Crippen molar-refractivity contribution in [3.63, 3.8) is 0 Å². The van der Waals surface area contributed by atoms with E-state index in [4.69, 9.17) is 9.47 Å². The number of rotatable bonds is 10. The average Bonchev–Trinajstić information content (AvgIpc) is 2.88. The molecule has 0 saturated heterocycles. The van der Waals surface area contributed by atoms with Crippen LogP contribution in [0.2, 0.25) is 0 Å². The number of likely N-dealkylation sites (N-methyl/N-ethyl adjacent to an activating group) is 1. The average molecular weight is 517 g/mol. The zero-order valence-electron chi connectivity index (χ0n) is 22.4. The van der Waals surface area contributed by atoms with E-state index in [0.29, 0.717) is 18.5 Å². The third kappa shape index (κ3) is 8.56. The third-order valence-corrected chi connectivity index (χ3v) is 5.73. The number of hydrogen-bond donors (Lipinski definition) is 1. The van der Waals surface area contributed by atoms with Crippen molar-refractivity contribution in [3.05, 3.63) is 108 Å². The van der Waals surface area contributed by atoms with Gasteiger partial charge in [0.1, 0.15) is 5.60 Å². The lowest BCUT2D eigenvalue weighted by atomic mass is 10.00. The van der Waals surface area contributed by atoms with E-state index in [0.717, 1.165) is 11.1 Å². The summed E-state index contributed by atoms with van der Waals surface area (Å²) in [5, 5.41) is 3.28. The maximum absolute atomic E-state index is 14.2. The Morgan fingerprint density at radius 3 is 1.87 bits per heavy atom. The van der Waals surface area contributed by atoms with E-state index in [1.165, 1.54) is 4.90 Å². The Morgan fingerprint density at radius 2 is 1.34 bits per heavy atom. The van der Waals surface area contributed by atoms with Crippen LogP contribution < -0.4 is 5.32 Å². The van der Waals surface area contributed by atoms with Gasteiger partial charge in [0.25, 0.3) is 0 Å². The second-order valence-corrected chi connectivity index (χ2v) is 9.95. The summed E-state index contributed by atoms with van der Waals surface area (Å²) in [6, 6.07) is 26.2. The number of amides is 1. The van der Waals surface area contributed by atoms with E-state index in [2.05, 4.69) is 5.32 Å². The first-order valence-electron chi connectivity index (χ1n) is 12.8. The Morgan fingerprint density at radius 1 is 0.816 bits per heavy atom. The Hall–Kier alpha value is -3.97. The SMILES string of the molecule is CCN[C@@H](Cc1ccccc1)C(=O)N(Cc1ccccc1)C(C(=O)OC(=O)OC(C)(C)C)c1ccccc1. The normalized spacial score (nSPS) is 12.7. The van der Waals surface area contributed by atoms with Crippen molar-refractivity contribution in [2.45, 2.75) is 58.3 Å². The van der Waals surface area contributed by atoms with Crippen molar-refractivity contribution in [1.82, 2.24) is 10.2 Å². The van der Waals surface area contributed by atoms with Gasteiger partial charge in [-0.1, -0.05) is 97.9 Å². The minimum absolute atomic E-state index is 0.138. The van der Waals surface area contributed by atoms with Crippen LogP contribution in [0.25, 0.3) is 0 Å². The highest BCUT2D eigenvalue weighted by atomic mass is 16.7. The van der Waals surface area contributed by atoms with Gasteiger partial charge in [0.2, 0.25) is 5.91 Å². The van der Waals surface area contributed by atoms with Gasteiger partial charge in [-0.2, -0.15) is 0 Å². The van der Waals surface area contributed by atoms with E-state index < -0.39 is 29.8 Å². The lowest BCUT2D eigenvalue weighted by Crippen LogP contribution is -2.50. The van der Waals surface area contributed by atoms with Gasteiger partial charge >= 0.3 is 12.1 Å². The minimum atomic E-state index is -1.17. The summed E-state index contributed by atoms with van der Waals surface area (Å²) in [4.78, 5) is 41.7. The molecule has 38 heavy (non-hydrogen) atoms. The monoisotopic (exact) mass is 516 g/mol. The molecule has 3 aromatic rings. The van der Waals surface area contributed by atoms with Crippen molar-refractivity contribution in [2.24, 2.45) is 0 Å². The van der Waals surface area contributed by atoms with Crippen molar-refractivity contribution >= 4 is 18.0 Å². The summed E-state index contributed by atoms with van der Waals surface area (Å²) >= 11 is 0. The molecule has 0 fully saturated rings. The van der Waals surface area contributed by atoms with Crippen LogP contribution in [0.5, 0.6) is 0 Å². The molecule has 2 atom stereocenters. The molecule has 0 aliphatic rings. The number of carbonyl (C=O) groups excluding carboxylic acids is 3. The van der Waals surface area contributed by atoms with Gasteiger partial charge in [-0.3, -0.25) is 4.79 Å². The van der Waals surface area contributed by atoms with Crippen LogP contribution in [0, 0.1) is 0 Å². The second-order valence-electron chi connectivity index (χ2n) is 9.95. The van der Waals surface area contributed by atoms with Gasteiger partial charge in [-0.05, 0) is 50.4 Å². The molecule has 0 aromatic heterocycles. The number of ether oxygens (including phenoxy) is 2. The fourth-order valence-electron chi connectivity index (χ4n) is 4.11. The van der Waals surface area contributed by atoms with Crippen molar-refractivity contribution in [2.75, 3.05) is 6.54 Å². The molecule has 0 aliphatic carbocycles. The Bertz CT molecular complexity index is 1180. The molecule has 0 radical (unpaired) electrons. The fourth-order valence-corrected chi connectivity index (χ4v) is 4.11. The molecule has 1 amide bonds. The summed E-state index contributed by atoms with van der Waals surface area (Å²) in [6.07, 6.45) is -0.676. The zero-order valence-corrected chi connectivity index (χ0v) is 22.4. The number of hydrogen-bond acceptors (Lipinski definition) is 6. The van der Waals surface area contributed by atoms with Gasteiger partial charge in [0.05, 0.1) is 6.04 Å². The summed E-state index contributed by atoms with van der Waals surface area (Å²) in [7, 11) is 0. The molecule has 7 heteroatoms. The molecule has 0 saturated carbocycles. The van der Waals surface area contributed by atoms with Gasteiger partial charge in [0.15, 0.2) is 6.04 Å². The predicted molar refractivity (Wildman–Crippen MR) is 146 cm³/mol. The van der Waals surface area contributed by atoms with Crippen molar-refractivity contribution in [3.8, 4) is 0 Å².